The first-order valence-corrected chi connectivity index (χ1v) is 9.10. The predicted molar refractivity (Wildman–Crippen MR) is 94.6 cm³/mol. The Morgan fingerprint density at radius 1 is 1.00 bits per heavy atom. The molecule has 6 rings (SSSR count). The lowest BCUT2D eigenvalue weighted by Gasteiger charge is -2.55. The molecule has 3 heterocycles. The van der Waals surface area contributed by atoms with Gasteiger partial charge in [0.25, 0.3) is 0 Å². The Morgan fingerprint density at radius 3 is 2.36 bits per heavy atom. The number of halogens is 1. The molecule has 3 aliphatic heterocycles. The zero-order valence-electron chi connectivity index (χ0n) is 14.0. The van der Waals surface area contributed by atoms with Crippen LogP contribution in [0.25, 0.3) is 11.1 Å². The van der Waals surface area contributed by atoms with Gasteiger partial charge in [0.1, 0.15) is 5.82 Å². The zero-order chi connectivity index (χ0) is 17.0. The molecule has 0 aromatic heterocycles. The van der Waals surface area contributed by atoms with Crippen molar-refractivity contribution in [3.63, 3.8) is 0 Å². The first-order chi connectivity index (χ1) is 12.2. The number of nitrogens with one attached hydrogen (secondary N) is 1. The summed E-state index contributed by atoms with van der Waals surface area (Å²) >= 11 is 0. The van der Waals surface area contributed by atoms with E-state index in [-0.39, 0.29) is 5.82 Å². The number of carbonyl (C=O) groups excluding carboxylic acids is 1. The normalized spacial score (nSPS) is 27.7. The molecule has 3 atom stereocenters. The second-order valence-corrected chi connectivity index (χ2v) is 7.56. The van der Waals surface area contributed by atoms with Crippen molar-refractivity contribution in [3.8, 4) is 11.1 Å². The van der Waals surface area contributed by atoms with Crippen molar-refractivity contribution in [1.82, 2.24) is 10.2 Å². The molecule has 1 aliphatic carbocycles. The van der Waals surface area contributed by atoms with Gasteiger partial charge >= 0.3 is 0 Å². The molecule has 4 fully saturated rings. The summed E-state index contributed by atoms with van der Waals surface area (Å²) in [4.78, 5) is 14.3. The SMILES string of the molecule is O=C(C1CC1)N1C[C@@H]2N[C@H](C1)C2c1ccc(-c2cccc(F)c2)cc1. The maximum atomic E-state index is 13.4. The van der Waals surface area contributed by atoms with Crippen LogP contribution in [0.3, 0.4) is 0 Å². The van der Waals surface area contributed by atoms with Crippen molar-refractivity contribution in [3.05, 3.63) is 59.9 Å². The van der Waals surface area contributed by atoms with Gasteiger partial charge in [-0.2, -0.15) is 0 Å². The molecule has 2 aromatic rings. The molecular weight excluding hydrogens is 315 g/mol. The Kier molecular flexibility index (Phi) is 3.42. The van der Waals surface area contributed by atoms with Crippen molar-refractivity contribution in [2.45, 2.75) is 30.8 Å². The minimum Gasteiger partial charge on any atom is -0.339 e. The van der Waals surface area contributed by atoms with Gasteiger partial charge in [-0.1, -0.05) is 36.4 Å². The number of benzene rings is 2. The highest BCUT2D eigenvalue weighted by molar-refractivity contribution is 5.81. The highest BCUT2D eigenvalue weighted by Gasteiger charge is 2.49. The fourth-order valence-electron chi connectivity index (χ4n) is 4.32. The van der Waals surface area contributed by atoms with E-state index >= 15 is 0 Å². The highest BCUT2D eigenvalue weighted by atomic mass is 19.1. The molecule has 4 heteroatoms. The van der Waals surface area contributed by atoms with E-state index in [0.717, 1.165) is 37.1 Å². The van der Waals surface area contributed by atoms with Crippen LogP contribution in [0.2, 0.25) is 0 Å². The summed E-state index contributed by atoms with van der Waals surface area (Å²) in [7, 11) is 0. The van der Waals surface area contributed by atoms with Gasteiger partial charge in [-0.05, 0) is 41.7 Å². The van der Waals surface area contributed by atoms with Crippen LogP contribution in [0.15, 0.2) is 48.5 Å². The quantitative estimate of drug-likeness (QED) is 0.934. The number of piperazine rings is 1. The molecule has 128 valence electrons. The average molecular weight is 336 g/mol. The first-order valence-electron chi connectivity index (χ1n) is 9.10. The monoisotopic (exact) mass is 336 g/mol. The lowest BCUT2D eigenvalue weighted by Crippen LogP contribution is -2.72. The second kappa shape index (κ2) is 5.67. The van der Waals surface area contributed by atoms with Gasteiger partial charge in [0.15, 0.2) is 0 Å². The van der Waals surface area contributed by atoms with Crippen molar-refractivity contribution in [1.29, 1.82) is 0 Å². The molecule has 2 bridgehead atoms. The van der Waals surface area contributed by atoms with E-state index in [9.17, 15) is 9.18 Å². The van der Waals surface area contributed by atoms with E-state index in [2.05, 4.69) is 34.5 Å². The van der Waals surface area contributed by atoms with Gasteiger partial charge in [0.2, 0.25) is 5.91 Å². The van der Waals surface area contributed by atoms with Gasteiger partial charge in [0, 0.05) is 37.0 Å². The van der Waals surface area contributed by atoms with Crippen molar-refractivity contribution in [2.75, 3.05) is 13.1 Å². The van der Waals surface area contributed by atoms with Gasteiger partial charge in [-0.15, -0.1) is 0 Å². The summed E-state index contributed by atoms with van der Waals surface area (Å²) in [6.45, 7) is 1.64. The summed E-state index contributed by atoms with van der Waals surface area (Å²) in [6, 6.07) is 15.9. The Balaban J connectivity index is 1.31. The molecule has 0 spiro atoms. The number of nitrogens with zero attached hydrogens (tertiary/aromatic N) is 1. The molecule has 1 amide bonds. The van der Waals surface area contributed by atoms with Crippen LogP contribution in [-0.4, -0.2) is 36.0 Å². The Labute approximate surface area is 146 Å². The molecule has 0 radical (unpaired) electrons. The predicted octanol–water partition coefficient (Wildman–Crippen LogP) is 3.17. The average Bonchev–Trinajstić information content (AvgIpc) is 3.47. The standard InChI is InChI=1S/C21H21FN2O/c22-17-3-1-2-16(10-17)13-4-6-14(7-5-13)20-18-11-24(12-19(20)23-18)21(25)15-8-9-15/h1-7,10,15,18-20,23H,8-9,11-12H2/t18-,19+,20?. The van der Waals surface area contributed by atoms with Crippen LogP contribution >= 0.6 is 0 Å². The Hall–Kier alpha value is -2.20. The summed E-state index contributed by atoms with van der Waals surface area (Å²) in [6.07, 6.45) is 2.14. The summed E-state index contributed by atoms with van der Waals surface area (Å²) in [5.74, 6) is 0.933. The van der Waals surface area contributed by atoms with Crippen LogP contribution in [-0.2, 0) is 4.79 Å². The fourth-order valence-corrected chi connectivity index (χ4v) is 4.32. The van der Waals surface area contributed by atoms with Crippen molar-refractivity contribution >= 4 is 5.91 Å². The number of fused-ring (bicyclic) bond motifs is 2. The number of piperidine rings is 1. The Bertz CT molecular complexity index is 803. The second-order valence-electron chi connectivity index (χ2n) is 7.56. The molecule has 1 saturated carbocycles. The molecule has 3 nitrogen and oxygen atoms in total. The van der Waals surface area contributed by atoms with Crippen LogP contribution in [0.4, 0.5) is 4.39 Å². The van der Waals surface area contributed by atoms with E-state index in [1.165, 1.54) is 11.6 Å². The highest BCUT2D eigenvalue weighted by Crippen LogP contribution is 2.39. The molecule has 1 unspecified atom stereocenters. The van der Waals surface area contributed by atoms with E-state index < -0.39 is 0 Å². The maximum absolute atomic E-state index is 13.4. The summed E-state index contributed by atoms with van der Waals surface area (Å²) in [5, 5.41) is 3.58. The minimum absolute atomic E-state index is 0.209. The number of carbonyl (C=O) groups is 1. The minimum atomic E-state index is -0.209. The van der Waals surface area contributed by atoms with Gasteiger partial charge < -0.3 is 10.2 Å². The van der Waals surface area contributed by atoms with Crippen LogP contribution in [0.1, 0.15) is 24.3 Å². The third kappa shape index (κ3) is 2.65. The van der Waals surface area contributed by atoms with Gasteiger partial charge in [-0.3, -0.25) is 4.79 Å². The van der Waals surface area contributed by atoms with Crippen molar-refractivity contribution in [2.24, 2.45) is 5.92 Å². The zero-order valence-corrected chi connectivity index (χ0v) is 14.0. The third-order valence-electron chi connectivity index (χ3n) is 5.82. The molecule has 4 aliphatic rings. The van der Waals surface area contributed by atoms with Gasteiger partial charge in [-0.25, -0.2) is 4.39 Å². The van der Waals surface area contributed by atoms with Crippen molar-refractivity contribution < 1.29 is 9.18 Å². The fraction of sp³-hybridized carbons (Fsp3) is 0.381. The lowest BCUT2D eigenvalue weighted by atomic mass is 9.74. The summed E-state index contributed by atoms with van der Waals surface area (Å²) in [5.41, 5.74) is 3.25. The number of hydrogen-bond donors (Lipinski definition) is 1. The lowest BCUT2D eigenvalue weighted by molar-refractivity contribution is -0.137. The van der Waals surface area contributed by atoms with E-state index in [4.69, 9.17) is 0 Å². The van der Waals surface area contributed by atoms with Crippen LogP contribution in [0.5, 0.6) is 0 Å². The third-order valence-corrected chi connectivity index (χ3v) is 5.82. The van der Waals surface area contributed by atoms with E-state index in [0.29, 0.717) is 29.8 Å². The number of hydrogen-bond acceptors (Lipinski definition) is 2. The molecule has 2 aromatic carbocycles. The summed E-state index contributed by atoms with van der Waals surface area (Å²) < 4.78 is 13.4. The van der Waals surface area contributed by atoms with E-state index in [1.807, 2.05) is 6.07 Å². The number of rotatable bonds is 3. The molecular formula is C21H21FN2O. The molecule has 3 saturated heterocycles. The maximum Gasteiger partial charge on any atom is 0.225 e. The van der Waals surface area contributed by atoms with E-state index in [1.54, 1.807) is 12.1 Å². The van der Waals surface area contributed by atoms with Crippen LogP contribution in [0, 0.1) is 11.7 Å². The first kappa shape index (κ1) is 15.1. The number of amides is 1. The molecule has 25 heavy (non-hydrogen) atoms. The largest absolute Gasteiger partial charge is 0.339 e. The smallest absolute Gasteiger partial charge is 0.225 e. The molecule has 1 N–H and O–H groups in total. The van der Waals surface area contributed by atoms with Gasteiger partial charge in [0.05, 0.1) is 0 Å². The topological polar surface area (TPSA) is 32.3 Å². The van der Waals surface area contributed by atoms with Crippen LogP contribution < -0.4 is 5.32 Å². The Morgan fingerprint density at radius 2 is 1.72 bits per heavy atom.